The predicted molar refractivity (Wildman–Crippen MR) is 84.4 cm³/mol. The Morgan fingerprint density at radius 1 is 1.23 bits per heavy atom. The molecule has 1 aromatic heterocycles. The van der Waals surface area contributed by atoms with Gasteiger partial charge in [0.1, 0.15) is 0 Å². The van der Waals surface area contributed by atoms with E-state index in [1.807, 2.05) is 48.0 Å². The number of aromatic nitrogens is 1. The summed E-state index contributed by atoms with van der Waals surface area (Å²) < 4.78 is 1.99. The first-order valence-electron chi connectivity index (χ1n) is 7.21. The molecule has 0 radical (unpaired) electrons. The number of hydrogen-bond donors (Lipinski definition) is 1. The number of hydrogen-bond acceptors (Lipinski definition) is 3. The third-order valence-corrected chi connectivity index (χ3v) is 3.80. The Balaban J connectivity index is 1.88. The maximum atomic E-state index is 11.5. The summed E-state index contributed by atoms with van der Waals surface area (Å²) in [6, 6.07) is 9.84. The van der Waals surface area contributed by atoms with Crippen molar-refractivity contribution in [1.82, 2.24) is 9.99 Å². The van der Waals surface area contributed by atoms with Crippen LogP contribution in [0.2, 0.25) is 0 Å². The lowest BCUT2D eigenvalue weighted by Crippen LogP contribution is -2.25. The monoisotopic (exact) mass is 295 g/mol. The SMILES string of the molecule is CC(=O)c1cc(C)n(-c2ccc(C3=NNC(=O)CC3)cc2)c1. The zero-order valence-electron chi connectivity index (χ0n) is 12.6. The lowest BCUT2D eigenvalue weighted by atomic mass is 10.0. The van der Waals surface area contributed by atoms with E-state index < -0.39 is 0 Å². The molecule has 3 rings (SSSR count). The first kappa shape index (κ1) is 14.3. The number of aryl methyl sites for hydroxylation is 1. The van der Waals surface area contributed by atoms with Gasteiger partial charge in [-0.2, -0.15) is 5.10 Å². The fourth-order valence-corrected chi connectivity index (χ4v) is 2.54. The topological polar surface area (TPSA) is 63.5 Å². The third kappa shape index (κ3) is 2.70. The highest BCUT2D eigenvalue weighted by Crippen LogP contribution is 2.18. The Kier molecular flexibility index (Phi) is 3.63. The fraction of sp³-hybridized carbons (Fsp3) is 0.235. The molecule has 2 aromatic rings. The van der Waals surface area contributed by atoms with Crippen molar-refractivity contribution >= 4 is 17.4 Å². The molecule has 0 unspecified atom stereocenters. The molecule has 0 spiro atoms. The van der Waals surface area contributed by atoms with Crippen molar-refractivity contribution in [2.24, 2.45) is 5.10 Å². The van der Waals surface area contributed by atoms with Crippen LogP contribution in [0.1, 0.15) is 41.4 Å². The second-order valence-corrected chi connectivity index (χ2v) is 5.44. The lowest BCUT2D eigenvalue weighted by Gasteiger charge is -2.13. The Hall–Kier alpha value is -2.69. The van der Waals surface area contributed by atoms with Crippen molar-refractivity contribution in [3.8, 4) is 5.69 Å². The van der Waals surface area contributed by atoms with E-state index in [4.69, 9.17) is 0 Å². The van der Waals surface area contributed by atoms with Crippen LogP contribution in [0.25, 0.3) is 5.69 Å². The molecule has 0 aliphatic carbocycles. The molecule has 1 aliphatic rings. The Morgan fingerprint density at radius 2 is 1.95 bits per heavy atom. The predicted octanol–water partition coefficient (Wildman–Crippen LogP) is 2.60. The van der Waals surface area contributed by atoms with Crippen LogP contribution < -0.4 is 5.43 Å². The number of ketones is 1. The maximum absolute atomic E-state index is 11.5. The maximum Gasteiger partial charge on any atom is 0.240 e. The highest BCUT2D eigenvalue weighted by molar-refractivity contribution is 6.04. The van der Waals surface area contributed by atoms with Gasteiger partial charge in [-0.25, -0.2) is 5.43 Å². The molecule has 22 heavy (non-hydrogen) atoms. The molecule has 0 saturated heterocycles. The van der Waals surface area contributed by atoms with Gasteiger partial charge in [-0.1, -0.05) is 12.1 Å². The number of amides is 1. The van der Waals surface area contributed by atoms with Crippen LogP contribution in [0.3, 0.4) is 0 Å². The van der Waals surface area contributed by atoms with Crippen molar-refractivity contribution in [3.05, 3.63) is 53.3 Å². The summed E-state index contributed by atoms with van der Waals surface area (Å²) in [6.07, 6.45) is 2.98. The van der Waals surface area contributed by atoms with E-state index in [-0.39, 0.29) is 11.7 Å². The molecule has 0 atom stereocenters. The molecule has 1 N–H and O–H groups in total. The number of nitrogens with one attached hydrogen (secondary N) is 1. The smallest absolute Gasteiger partial charge is 0.240 e. The van der Waals surface area contributed by atoms with Crippen molar-refractivity contribution < 1.29 is 9.59 Å². The molecule has 5 heteroatoms. The molecule has 2 heterocycles. The molecular formula is C17H17N3O2. The number of rotatable bonds is 3. The molecule has 1 aromatic carbocycles. The summed E-state index contributed by atoms with van der Waals surface area (Å²) in [5.74, 6) is 0.0193. The quantitative estimate of drug-likeness (QED) is 0.885. The van der Waals surface area contributed by atoms with E-state index in [0.29, 0.717) is 18.4 Å². The Labute approximate surface area is 128 Å². The number of hydrazone groups is 1. The van der Waals surface area contributed by atoms with Gasteiger partial charge in [-0.05, 0) is 37.6 Å². The summed E-state index contributed by atoms with van der Waals surface area (Å²) in [7, 11) is 0. The zero-order chi connectivity index (χ0) is 15.7. The fourth-order valence-electron chi connectivity index (χ4n) is 2.54. The minimum absolute atomic E-state index is 0.0416. The van der Waals surface area contributed by atoms with Gasteiger partial charge in [0.25, 0.3) is 0 Å². The highest BCUT2D eigenvalue weighted by atomic mass is 16.2. The van der Waals surface area contributed by atoms with Gasteiger partial charge in [0.15, 0.2) is 5.78 Å². The van der Waals surface area contributed by atoms with Crippen LogP contribution in [0.15, 0.2) is 41.6 Å². The first-order chi connectivity index (χ1) is 10.5. The van der Waals surface area contributed by atoms with Gasteiger partial charge in [0.05, 0.1) is 5.71 Å². The minimum Gasteiger partial charge on any atom is -0.320 e. The molecule has 1 aliphatic heterocycles. The summed E-state index contributed by atoms with van der Waals surface area (Å²) in [6.45, 7) is 3.54. The van der Waals surface area contributed by atoms with E-state index in [2.05, 4.69) is 10.5 Å². The summed E-state index contributed by atoms with van der Waals surface area (Å²) in [5, 5.41) is 4.09. The van der Waals surface area contributed by atoms with Crippen LogP contribution in [0.5, 0.6) is 0 Å². The highest BCUT2D eigenvalue weighted by Gasteiger charge is 2.13. The van der Waals surface area contributed by atoms with Crippen molar-refractivity contribution in [2.75, 3.05) is 0 Å². The van der Waals surface area contributed by atoms with Gasteiger partial charge < -0.3 is 4.57 Å². The molecule has 5 nitrogen and oxygen atoms in total. The standard InChI is InChI=1S/C17H17N3O2/c1-11-9-14(12(2)21)10-20(11)15-5-3-13(4-6-15)16-7-8-17(22)19-18-16/h3-6,9-10H,7-8H2,1-2H3,(H,19,22). The number of carbonyl (C=O) groups excluding carboxylic acids is 2. The third-order valence-electron chi connectivity index (χ3n) is 3.80. The zero-order valence-corrected chi connectivity index (χ0v) is 12.6. The van der Waals surface area contributed by atoms with E-state index >= 15 is 0 Å². The minimum atomic E-state index is -0.0416. The normalized spacial score (nSPS) is 14.5. The van der Waals surface area contributed by atoms with Crippen LogP contribution in [-0.2, 0) is 4.79 Å². The molecule has 112 valence electrons. The number of carbonyl (C=O) groups is 2. The molecule has 1 amide bonds. The molecule has 0 fully saturated rings. The van der Waals surface area contributed by atoms with E-state index in [1.165, 1.54) is 0 Å². The largest absolute Gasteiger partial charge is 0.320 e. The molecular weight excluding hydrogens is 278 g/mol. The van der Waals surface area contributed by atoms with E-state index in [9.17, 15) is 9.59 Å². The average molecular weight is 295 g/mol. The second kappa shape index (κ2) is 5.60. The van der Waals surface area contributed by atoms with E-state index in [0.717, 1.165) is 22.7 Å². The van der Waals surface area contributed by atoms with Crippen LogP contribution in [-0.4, -0.2) is 22.0 Å². The first-order valence-corrected chi connectivity index (χ1v) is 7.21. The van der Waals surface area contributed by atoms with Gasteiger partial charge in [0, 0.05) is 36.0 Å². The average Bonchev–Trinajstić information content (AvgIpc) is 2.91. The number of benzene rings is 1. The number of nitrogens with zero attached hydrogens (tertiary/aromatic N) is 2. The molecule has 0 saturated carbocycles. The second-order valence-electron chi connectivity index (χ2n) is 5.44. The van der Waals surface area contributed by atoms with Crippen LogP contribution >= 0.6 is 0 Å². The van der Waals surface area contributed by atoms with Crippen molar-refractivity contribution in [3.63, 3.8) is 0 Å². The summed E-state index contributed by atoms with van der Waals surface area (Å²) in [5.41, 5.74) is 7.12. The summed E-state index contributed by atoms with van der Waals surface area (Å²) >= 11 is 0. The van der Waals surface area contributed by atoms with E-state index in [1.54, 1.807) is 6.92 Å². The van der Waals surface area contributed by atoms with Crippen molar-refractivity contribution in [1.29, 1.82) is 0 Å². The van der Waals surface area contributed by atoms with Crippen molar-refractivity contribution in [2.45, 2.75) is 26.7 Å². The van der Waals surface area contributed by atoms with Crippen LogP contribution in [0, 0.1) is 6.92 Å². The van der Waals surface area contributed by atoms with Gasteiger partial charge in [0.2, 0.25) is 5.91 Å². The lowest BCUT2D eigenvalue weighted by molar-refractivity contribution is -0.121. The van der Waals surface area contributed by atoms with Gasteiger partial charge in [-0.3, -0.25) is 9.59 Å². The molecule has 0 bridgehead atoms. The van der Waals surface area contributed by atoms with Gasteiger partial charge >= 0.3 is 0 Å². The summed E-state index contributed by atoms with van der Waals surface area (Å²) in [4.78, 5) is 22.6. The van der Waals surface area contributed by atoms with Gasteiger partial charge in [-0.15, -0.1) is 0 Å². The Morgan fingerprint density at radius 3 is 2.50 bits per heavy atom. The Bertz CT molecular complexity index is 770. The van der Waals surface area contributed by atoms with Crippen LogP contribution in [0.4, 0.5) is 0 Å². The number of Topliss-reactive ketones (excluding diaryl/α,β-unsaturated/α-hetero) is 1.